The van der Waals surface area contributed by atoms with Gasteiger partial charge in [-0.15, -0.1) is 0 Å². The third-order valence-electron chi connectivity index (χ3n) is 17.8. The molecule has 1 amide bonds. The molecule has 90 heavy (non-hydrogen) atoms. The Balaban J connectivity index is 2.53. The van der Waals surface area contributed by atoms with Crippen molar-refractivity contribution in [1.29, 1.82) is 0 Å². The van der Waals surface area contributed by atoms with E-state index in [4.69, 9.17) is 14.2 Å². The highest BCUT2D eigenvalue weighted by molar-refractivity contribution is 5.80. The summed E-state index contributed by atoms with van der Waals surface area (Å²) in [5, 5.41) is 57.4. The number of esters is 1. The topological polar surface area (TPSA) is 175 Å². The van der Waals surface area contributed by atoms with Gasteiger partial charge in [0.1, 0.15) is 24.4 Å². The van der Waals surface area contributed by atoms with E-state index >= 15 is 0 Å². The Morgan fingerprint density at radius 3 is 1.18 bits per heavy atom. The number of carbonyl (C=O) groups excluding carboxylic acids is 2. The van der Waals surface area contributed by atoms with Gasteiger partial charge in [-0.05, 0) is 96.3 Å². The monoisotopic (exact) mass is 1270 g/mol. The number of nitrogens with one attached hydrogen (secondary N) is 1. The molecule has 11 heteroatoms. The lowest BCUT2D eigenvalue weighted by Gasteiger charge is -2.41. The Labute approximate surface area is 553 Å². The molecule has 1 aliphatic rings. The van der Waals surface area contributed by atoms with Crippen LogP contribution in [0.25, 0.3) is 0 Å². The fourth-order valence-corrected chi connectivity index (χ4v) is 11.8. The van der Waals surface area contributed by atoms with Crippen LogP contribution in [0, 0.1) is 0 Å². The highest BCUT2D eigenvalue weighted by Gasteiger charge is 2.47. The van der Waals surface area contributed by atoms with E-state index in [1.807, 2.05) is 6.08 Å². The van der Waals surface area contributed by atoms with Crippen molar-refractivity contribution < 1.29 is 49.3 Å². The van der Waals surface area contributed by atoms with E-state index in [1.165, 1.54) is 218 Å². The largest absolute Gasteiger partial charge is 0.454 e. The molecule has 8 unspecified atom stereocenters. The van der Waals surface area contributed by atoms with Gasteiger partial charge in [-0.2, -0.15) is 0 Å². The zero-order valence-corrected chi connectivity index (χ0v) is 58.5. The van der Waals surface area contributed by atoms with Gasteiger partial charge in [0, 0.05) is 6.42 Å². The first kappa shape index (κ1) is 85.1. The molecule has 0 radical (unpaired) electrons. The molecule has 0 aromatic rings. The Morgan fingerprint density at radius 1 is 0.433 bits per heavy atom. The van der Waals surface area contributed by atoms with Crippen molar-refractivity contribution in [1.82, 2.24) is 5.32 Å². The van der Waals surface area contributed by atoms with E-state index in [9.17, 15) is 35.1 Å². The summed E-state index contributed by atoms with van der Waals surface area (Å²) >= 11 is 0. The fourth-order valence-electron chi connectivity index (χ4n) is 11.8. The zero-order valence-electron chi connectivity index (χ0n) is 58.5. The summed E-state index contributed by atoms with van der Waals surface area (Å²) in [5.41, 5.74) is 0. The van der Waals surface area contributed by atoms with Crippen LogP contribution in [-0.4, -0.2) is 99.6 Å². The van der Waals surface area contributed by atoms with Gasteiger partial charge in [0.05, 0.1) is 25.4 Å². The van der Waals surface area contributed by atoms with Crippen LogP contribution >= 0.6 is 0 Å². The second-order valence-corrected chi connectivity index (χ2v) is 26.4. The summed E-state index contributed by atoms with van der Waals surface area (Å²) in [6, 6.07) is -1.03. The molecule has 0 spiro atoms. The lowest BCUT2D eigenvalue weighted by Crippen LogP contribution is -2.61. The molecule has 1 aliphatic heterocycles. The van der Waals surface area contributed by atoms with Gasteiger partial charge in [0.15, 0.2) is 12.4 Å². The highest BCUT2D eigenvalue weighted by Crippen LogP contribution is 2.26. The molecule has 1 rings (SSSR count). The quantitative estimate of drug-likeness (QED) is 0.0195. The molecular formula is C79H143NO10. The minimum absolute atomic E-state index is 0.116. The maximum Gasteiger partial charge on any atom is 0.306 e. The number of allylic oxidation sites excluding steroid dienone is 11. The number of carbonyl (C=O) groups is 2. The number of aliphatic hydroxyl groups is 5. The van der Waals surface area contributed by atoms with Crippen molar-refractivity contribution in [2.75, 3.05) is 13.2 Å². The van der Waals surface area contributed by atoms with Crippen molar-refractivity contribution in [3.63, 3.8) is 0 Å². The summed E-state index contributed by atoms with van der Waals surface area (Å²) in [5.74, 6) is -1.19. The van der Waals surface area contributed by atoms with Crippen molar-refractivity contribution in [2.45, 2.75) is 404 Å². The number of ether oxygens (including phenoxy) is 3. The summed E-state index contributed by atoms with van der Waals surface area (Å²) in [6.45, 7) is 5.80. The molecule has 1 saturated heterocycles. The Bertz CT molecular complexity index is 1750. The number of unbranched alkanes of at least 4 members (excludes halogenated alkanes) is 42. The number of hydrogen-bond acceptors (Lipinski definition) is 10. The van der Waals surface area contributed by atoms with Crippen LogP contribution in [0.2, 0.25) is 0 Å². The predicted octanol–water partition coefficient (Wildman–Crippen LogP) is 20.2. The van der Waals surface area contributed by atoms with E-state index in [0.29, 0.717) is 19.3 Å². The summed E-state index contributed by atoms with van der Waals surface area (Å²) < 4.78 is 17.7. The van der Waals surface area contributed by atoms with Crippen LogP contribution in [0.15, 0.2) is 72.9 Å². The Kier molecular flexibility index (Phi) is 62.5. The third kappa shape index (κ3) is 52.5. The SMILES string of the molecule is CCCCC/C=C\C/C=C\C/C=C\C/C=C\CCCCCCCCCCCC(=O)OC1C(OCC(NC(=O)C(O)CCCCCCCCCCCCCCCC/C=C/CCCCCCCC)C(O)/C=C/CCCCCCCCCCCC)OC(CO)C(O)C1O. The van der Waals surface area contributed by atoms with Crippen LogP contribution in [-0.2, 0) is 23.8 Å². The summed E-state index contributed by atoms with van der Waals surface area (Å²) in [7, 11) is 0. The minimum Gasteiger partial charge on any atom is -0.454 e. The number of hydrogen-bond donors (Lipinski definition) is 6. The third-order valence-corrected chi connectivity index (χ3v) is 17.8. The van der Waals surface area contributed by atoms with Crippen LogP contribution in [0.5, 0.6) is 0 Å². The zero-order chi connectivity index (χ0) is 65.3. The summed E-state index contributed by atoms with van der Waals surface area (Å²) in [4.78, 5) is 26.7. The molecule has 8 atom stereocenters. The predicted molar refractivity (Wildman–Crippen MR) is 379 cm³/mol. The fraction of sp³-hybridized carbons (Fsp3) is 0.823. The van der Waals surface area contributed by atoms with E-state index in [-0.39, 0.29) is 13.0 Å². The molecule has 0 aromatic heterocycles. The average molecular weight is 1270 g/mol. The van der Waals surface area contributed by atoms with Gasteiger partial charge in [0.2, 0.25) is 5.91 Å². The Morgan fingerprint density at radius 2 is 0.767 bits per heavy atom. The molecule has 0 saturated carbocycles. The van der Waals surface area contributed by atoms with Gasteiger partial charge in [0.25, 0.3) is 0 Å². The normalized spacial score (nSPS) is 18.4. The molecule has 0 bridgehead atoms. The molecule has 0 aromatic carbocycles. The van der Waals surface area contributed by atoms with Gasteiger partial charge in [-0.1, -0.05) is 325 Å². The average Bonchev–Trinajstić information content (AvgIpc) is 1.18. The lowest BCUT2D eigenvalue weighted by atomic mass is 9.99. The van der Waals surface area contributed by atoms with E-state index < -0.39 is 67.4 Å². The summed E-state index contributed by atoms with van der Waals surface area (Å²) in [6.07, 6.45) is 76.6. The van der Waals surface area contributed by atoms with Crippen LogP contribution in [0.4, 0.5) is 0 Å². The van der Waals surface area contributed by atoms with Crippen LogP contribution in [0.3, 0.4) is 0 Å². The lowest BCUT2D eigenvalue weighted by molar-refractivity contribution is -0.305. The minimum atomic E-state index is -1.62. The van der Waals surface area contributed by atoms with Crippen molar-refractivity contribution in [2.24, 2.45) is 0 Å². The first-order chi connectivity index (χ1) is 44.2. The standard InChI is InChI=1S/C79H143NO10/c1-4-7-10-13-16-19-22-25-27-29-31-33-35-37-39-41-43-45-47-49-52-55-58-61-64-67-74(84)90-77-76(86)75(85)73(68-81)89-79(77)88-69-70(71(82)65-62-59-56-53-50-24-21-18-15-12-9-6-3)80-78(87)72(83)66-63-60-57-54-51-48-46-44-42-40-38-36-34-32-30-28-26-23-20-17-14-11-8-5-2/h16,19,25-28,31,33,37,39,62,65,70-73,75-77,79,81-83,85-86H,4-15,17-18,20-24,29-30,32,34-36,38,40-61,63-64,66-69H2,1-3H3,(H,80,87)/b19-16-,27-25-,28-26+,33-31-,39-37-,65-62+. The van der Waals surface area contributed by atoms with Gasteiger partial charge >= 0.3 is 5.97 Å². The second-order valence-electron chi connectivity index (χ2n) is 26.4. The first-order valence-corrected chi connectivity index (χ1v) is 38.2. The maximum absolute atomic E-state index is 13.5. The molecule has 1 fully saturated rings. The van der Waals surface area contributed by atoms with E-state index in [0.717, 1.165) is 89.9 Å². The van der Waals surface area contributed by atoms with E-state index in [1.54, 1.807) is 6.08 Å². The Hall–Kier alpha value is -2.90. The van der Waals surface area contributed by atoms with Crippen LogP contribution < -0.4 is 5.32 Å². The maximum atomic E-state index is 13.5. The van der Waals surface area contributed by atoms with Crippen molar-refractivity contribution in [3.05, 3.63) is 72.9 Å². The number of rotatable bonds is 66. The highest BCUT2D eigenvalue weighted by atomic mass is 16.7. The molecular weight excluding hydrogens is 1120 g/mol. The van der Waals surface area contributed by atoms with Gasteiger partial charge in [-0.3, -0.25) is 9.59 Å². The second kappa shape index (κ2) is 66.1. The molecule has 0 aliphatic carbocycles. The molecule has 524 valence electrons. The van der Waals surface area contributed by atoms with Gasteiger partial charge in [-0.25, -0.2) is 0 Å². The van der Waals surface area contributed by atoms with Crippen molar-refractivity contribution >= 4 is 11.9 Å². The van der Waals surface area contributed by atoms with Crippen LogP contribution in [0.1, 0.15) is 355 Å². The van der Waals surface area contributed by atoms with E-state index in [2.05, 4.69) is 86.8 Å². The molecule has 6 N–H and O–H groups in total. The number of amides is 1. The first-order valence-electron chi connectivity index (χ1n) is 38.2. The molecule has 1 heterocycles. The van der Waals surface area contributed by atoms with Gasteiger partial charge < -0.3 is 45.1 Å². The smallest absolute Gasteiger partial charge is 0.306 e. The number of aliphatic hydroxyl groups excluding tert-OH is 5. The van der Waals surface area contributed by atoms with Crippen molar-refractivity contribution in [3.8, 4) is 0 Å². The molecule has 11 nitrogen and oxygen atoms in total.